The van der Waals surface area contributed by atoms with Crippen molar-refractivity contribution in [2.45, 2.75) is 106 Å². The number of carbonyl (C=O) groups excluding carboxylic acids is 2. The number of Topliss-reactive ketones (excluding diaryl/α,β-unsaturated/α-hetero) is 1. The lowest BCUT2D eigenvalue weighted by Gasteiger charge is -2.51. The van der Waals surface area contributed by atoms with Crippen LogP contribution in [0.15, 0.2) is 47.4 Å². The molecule has 1 aromatic carbocycles. The third-order valence-electron chi connectivity index (χ3n) is 8.24. The van der Waals surface area contributed by atoms with E-state index in [2.05, 4.69) is 89.9 Å². The molecule has 0 aromatic heterocycles. The molecule has 8 heteroatoms. The monoisotopic (exact) mass is 578 g/mol. The Labute approximate surface area is 237 Å². The predicted octanol–water partition coefficient (Wildman–Crippen LogP) is 7.88. The summed E-state index contributed by atoms with van der Waals surface area (Å²) >= 11 is 1.78. The van der Waals surface area contributed by atoms with Crippen molar-refractivity contribution in [3.8, 4) is 0 Å². The molecule has 1 aliphatic carbocycles. The van der Waals surface area contributed by atoms with E-state index in [0.29, 0.717) is 19.3 Å². The standard InChI is InChI=1S/C30H50O5SSi2/c1-29(2,3)38(9,10)35-26-22-25(31)24(20-16-11-12-17-21-27(32)33-4)28(26)30(34-5,37(6,7)8)36-23-18-14-13-15-19-23/h11,13-16,18-19,24,26,28H,12,17,20-22H2,1-10H3/b16-11-/t24-,26+,28+,30?/m0/s1. The molecule has 0 saturated heterocycles. The van der Waals surface area contributed by atoms with Crippen LogP contribution in [-0.2, 0) is 23.5 Å². The van der Waals surface area contributed by atoms with Crippen molar-refractivity contribution in [3.05, 3.63) is 42.5 Å². The molecule has 0 spiro atoms. The summed E-state index contributed by atoms with van der Waals surface area (Å²) in [5.41, 5.74) is 0. The highest BCUT2D eigenvalue weighted by atomic mass is 32.2. The Morgan fingerprint density at radius 3 is 2.21 bits per heavy atom. The number of ether oxygens (including phenoxy) is 2. The summed E-state index contributed by atoms with van der Waals surface area (Å²) in [4.78, 5) is 26.3. The molecule has 1 unspecified atom stereocenters. The second kappa shape index (κ2) is 13.4. The van der Waals surface area contributed by atoms with Gasteiger partial charge in [-0.25, -0.2) is 0 Å². The van der Waals surface area contributed by atoms with Gasteiger partial charge < -0.3 is 13.9 Å². The summed E-state index contributed by atoms with van der Waals surface area (Å²) in [6.45, 7) is 18.3. The van der Waals surface area contributed by atoms with Crippen LogP contribution in [0.1, 0.15) is 52.9 Å². The van der Waals surface area contributed by atoms with Gasteiger partial charge in [-0.2, -0.15) is 0 Å². The Kier molecular flexibility index (Phi) is 11.7. The van der Waals surface area contributed by atoms with Gasteiger partial charge in [-0.3, -0.25) is 9.59 Å². The number of rotatable bonds is 13. The lowest BCUT2D eigenvalue weighted by atomic mass is 9.91. The molecule has 1 fully saturated rings. The zero-order valence-corrected chi connectivity index (χ0v) is 28.1. The van der Waals surface area contributed by atoms with Gasteiger partial charge in [0.15, 0.2) is 8.32 Å². The molecule has 0 N–H and O–H groups in total. The third kappa shape index (κ3) is 7.93. The molecule has 0 heterocycles. The average molecular weight is 579 g/mol. The third-order valence-corrected chi connectivity index (χ3v) is 18.8. The molecule has 38 heavy (non-hydrogen) atoms. The number of methoxy groups -OCH3 is 2. The zero-order valence-electron chi connectivity index (χ0n) is 25.3. The van der Waals surface area contributed by atoms with Crippen LogP contribution in [0.3, 0.4) is 0 Å². The second-order valence-electron chi connectivity index (χ2n) is 12.9. The Morgan fingerprint density at radius 2 is 1.68 bits per heavy atom. The van der Waals surface area contributed by atoms with E-state index in [-0.39, 0.29) is 34.7 Å². The van der Waals surface area contributed by atoms with Crippen LogP contribution in [0.5, 0.6) is 0 Å². The molecule has 5 nitrogen and oxygen atoms in total. The summed E-state index contributed by atoms with van der Waals surface area (Å²) in [5.74, 6) is -0.158. The Bertz CT molecular complexity index is 952. The van der Waals surface area contributed by atoms with Gasteiger partial charge in [-0.1, -0.05) is 82.5 Å². The molecular weight excluding hydrogens is 529 g/mol. The van der Waals surface area contributed by atoms with Gasteiger partial charge in [0.25, 0.3) is 0 Å². The number of hydrogen-bond donors (Lipinski definition) is 0. The van der Waals surface area contributed by atoms with Crippen LogP contribution < -0.4 is 0 Å². The summed E-state index contributed by atoms with van der Waals surface area (Å²) in [7, 11) is -0.952. The Hall–Kier alpha value is -1.20. The molecule has 1 aliphatic rings. The van der Waals surface area contributed by atoms with Crippen molar-refractivity contribution in [1.82, 2.24) is 0 Å². The highest BCUT2D eigenvalue weighted by molar-refractivity contribution is 8.02. The first-order chi connectivity index (χ1) is 17.6. The fraction of sp³-hybridized carbons (Fsp3) is 0.667. The van der Waals surface area contributed by atoms with Gasteiger partial charge in [0.2, 0.25) is 0 Å². The van der Waals surface area contributed by atoms with E-state index in [0.717, 1.165) is 17.7 Å². The predicted molar refractivity (Wildman–Crippen MR) is 164 cm³/mol. The van der Waals surface area contributed by atoms with E-state index in [1.165, 1.54) is 7.11 Å². The van der Waals surface area contributed by atoms with Crippen molar-refractivity contribution in [1.29, 1.82) is 0 Å². The average Bonchev–Trinajstić information content (AvgIpc) is 3.12. The van der Waals surface area contributed by atoms with E-state index in [4.69, 9.17) is 13.9 Å². The van der Waals surface area contributed by atoms with Crippen molar-refractivity contribution in [3.63, 3.8) is 0 Å². The van der Waals surface area contributed by atoms with E-state index >= 15 is 0 Å². The molecule has 4 atom stereocenters. The number of allylic oxidation sites excluding steroid dienone is 2. The number of unbranched alkanes of at least 4 members (excludes halogenated alkanes) is 1. The second-order valence-corrected chi connectivity index (χ2v) is 24.6. The Balaban J connectivity index is 2.48. The number of esters is 1. The minimum absolute atomic E-state index is 0.0414. The van der Waals surface area contributed by atoms with Gasteiger partial charge in [-0.05, 0) is 49.5 Å². The highest BCUT2D eigenvalue weighted by Gasteiger charge is 2.61. The molecule has 1 saturated carbocycles. The van der Waals surface area contributed by atoms with Crippen LogP contribution in [0, 0.1) is 11.8 Å². The van der Waals surface area contributed by atoms with Crippen LogP contribution in [0.2, 0.25) is 37.8 Å². The van der Waals surface area contributed by atoms with Gasteiger partial charge >= 0.3 is 5.97 Å². The molecule has 0 radical (unpaired) electrons. The van der Waals surface area contributed by atoms with Gasteiger partial charge in [-0.15, -0.1) is 0 Å². The normalized spacial score (nSPS) is 22.6. The van der Waals surface area contributed by atoms with Crippen LogP contribution in [0.25, 0.3) is 0 Å². The van der Waals surface area contributed by atoms with Gasteiger partial charge in [0.05, 0.1) is 21.3 Å². The number of thioether (sulfide) groups is 1. The first-order valence-corrected chi connectivity index (χ1v) is 21.0. The van der Waals surface area contributed by atoms with Gasteiger partial charge in [0.1, 0.15) is 10.3 Å². The first kappa shape index (κ1) is 33.0. The van der Waals surface area contributed by atoms with Crippen molar-refractivity contribution < 1.29 is 23.5 Å². The topological polar surface area (TPSA) is 61.8 Å². The lowest BCUT2D eigenvalue weighted by Crippen LogP contribution is -2.61. The highest BCUT2D eigenvalue weighted by Crippen LogP contribution is 2.55. The fourth-order valence-electron chi connectivity index (χ4n) is 5.09. The van der Waals surface area contributed by atoms with Crippen molar-refractivity contribution in [2.24, 2.45) is 11.8 Å². The van der Waals surface area contributed by atoms with Crippen molar-refractivity contribution >= 4 is 39.9 Å². The summed E-state index contributed by atoms with van der Waals surface area (Å²) < 4.78 is 17.9. The van der Waals surface area contributed by atoms with Crippen molar-refractivity contribution in [2.75, 3.05) is 14.2 Å². The zero-order chi connectivity index (χ0) is 28.8. The largest absolute Gasteiger partial charge is 0.469 e. The maximum absolute atomic E-state index is 13.7. The Morgan fingerprint density at radius 1 is 1.05 bits per heavy atom. The van der Waals surface area contributed by atoms with E-state index in [1.54, 1.807) is 11.8 Å². The van der Waals surface area contributed by atoms with E-state index in [9.17, 15) is 9.59 Å². The molecule has 2 rings (SSSR count). The minimum Gasteiger partial charge on any atom is -0.469 e. The van der Waals surface area contributed by atoms with Gasteiger partial charge in [0, 0.05) is 36.7 Å². The summed E-state index contributed by atoms with van der Waals surface area (Å²) in [6, 6.07) is 10.4. The molecule has 0 bridgehead atoms. The number of benzene rings is 1. The maximum atomic E-state index is 13.7. The lowest BCUT2D eigenvalue weighted by molar-refractivity contribution is -0.140. The fourth-order valence-corrected chi connectivity index (χ4v) is 11.2. The molecule has 1 aromatic rings. The smallest absolute Gasteiger partial charge is 0.305 e. The minimum atomic E-state index is -2.14. The molecular formula is C30H50O5SSi2. The number of hydrogen-bond acceptors (Lipinski definition) is 6. The number of carbonyl (C=O) groups is 2. The number of ketones is 1. The van der Waals surface area contributed by atoms with E-state index in [1.807, 2.05) is 13.2 Å². The van der Waals surface area contributed by atoms with E-state index < -0.39 is 20.9 Å². The maximum Gasteiger partial charge on any atom is 0.305 e. The van der Waals surface area contributed by atoms with Crippen LogP contribution >= 0.6 is 11.8 Å². The molecule has 214 valence electrons. The quantitative estimate of drug-likeness (QED) is 0.0592. The summed E-state index contributed by atoms with van der Waals surface area (Å²) in [6.07, 6.45) is 7.07. The summed E-state index contributed by atoms with van der Waals surface area (Å²) in [5, 5.41) is 0.0414. The molecule has 0 aliphatic heterocycles. The molecule has 0 amide bonds. The first-order valence-electron chi connectivity index (χ1n) is 13.8. The SMILES string of the molecule is COC(=O)CCC/C=C\C[C@H]1C(=O)C[C@@H](O[Si](C)(C)C(C)(C)C)[C@@H]1C(OC)(Sc1ccccc1)[Si](C)(C)C. The van der Waals surface area contributed by atoms with Crippen LogP contribution in [0.4, 0.5) is 0 Å². The van der Waals surface area contributed by atoms with Crippen LogP contribution in [-0.4, -0.2) is 53.0 Å².